The summed E-state index contributed by atoms with van der Waals surface area (Å²) >= 11 is 0. The zero-order valence-corrected chi connectivity index (χ0v) is 18.1. The van der Waals surface area contributed by atoms with Gasteiger partial charge in [-0.15, -0.1) is 0 Å². The lowest BCUT2D eigenvalue weighted by molar-refractivity contribution is -0.135. The molecule has 1 saturated heterocycles. The van der Waals surface area contributed by atoms with E-state index in [1.807, 2.05) is 30.4 Å². The predicted molar refractivity (Wildman–Crippen MR) is 114 cm³/mol. The Hall–Kier alpha value is -2.10. The Morgan fingerprint density at radius 1 is 1.14 bits per heavy atom. The summed E-state index contributed by atoms with van der Waals surface area (Å²) in [5, 5.41) is 0. The van der Waals surface area contributed by atoms with Crippen LogP contribution in [0.4, 0.5) is 0 Å². The highest BCUT2D eigenvalue weighted by Crippen LogP contribution is 2.66. The van der Waals surface area contributed by atoms with Crippen LogP contribution in [-0.2, 0) is 4.79 Å². The summed E-state index contributed by atoms with van der Waals surface area (Å²) in [5.41, 5.74) is 4.21. The van der Waals surface area contributed by atoms with Crippen LogP contribution in [0.5, 0.6) is 5.75 Å². The number of likely N-dealkylation sites (tertiary alicyclic amines) is 1. The molecule has 1 aromatic heterocycles. The molecule has 154 valence electrons. The third-order valence-electron chi connectivity index (χ3n) is 8.89. The fourth-order valence-electron chi connectivity index (χ4n) is 7.33. The van der Waals surface area contributed by atoms with Gasteiger partial charge >= 0.3 is 0 Å². The number of ether oxygens (including phenoxy) is 1. The summed E-state index contributed by atoms with van der Waals surface area (Å²) in [6.45, 7) is 4.89. The van der Waals surface area contributed by atoms with E-state index in [4.69, 9.17) is 4.74 Å². The standard InChI is InChI=1S/C25H32N2O2/c1-24-12-9-20-16(5-8-22-25(20,2)13-10-23(28)27(22)3)18(24)6-7-19(24)17-15-26-14-11-21(17)29-4/h7-8,11,14-16,18,20H,5-6,9-10,12-13H2,1-4H3/t16-,18-,20-,24-,25+/m0/s1. The van der Waals surface area contributed by atoms with Gasteiger partial charge in [0.2, 0.25) is 5.91 Å². The molecule has 4 aliphatic rings. The van der Waals surface area contributed by atoms with Crippen molar-refractivity contribution in [1.29, 1.82) is 0 Å². The molecule has 1 aromatic rings. The summed E-state index contributed by atoms with van der Waals surface area (Å²) < 4.78 is 5.67. The molecule has 4 heteroatoms. The lowest BCUT2D eigenvalue weighted by atomic mass is 9.49. The van der Waals surface area contributed by atoms with Crippen molar-refractivity contribution < 1.29 is 9.53 Å². The molecular weight excluding hydrogens is 360 g/mol. The van der Waals surface area contributed by atoms with Gasteiger partial charge < -0.3 is 9.64 Å². The Kier molecular flexibility index (Phi) is 4.20. The second kappa shape index (κ2) is 6.45. The Morgan fingerprint density at radius 3 is 2.76 bits per heavy atom. The molecule has 0 spiro atoms. The van der Waals surface area contributed by atoms with E-state index in [2.05, 4.69) is 31.0 Å². The second-order valence-corrected chi connectivity index (χ2v) is 9.96. The van der Waals surface area contributed by atoms with Crippen LogP contribution in [0.15, 0.2) is 36.3 Å². The zero-order valence-electron chi connectivity index (χ0n) is 18.1. The highest BCUT2D eigenvalue weighted by molar-refractivity contribution is 5.80. The van der Waals surface area contributed by atoms with E-state index in [9.17, 15) is 4.79 Å². The number of nitrogens with zero attached hydrogens (tertiary/aromatic N) is 2. The summed E-state index contributed by atoms with van der Waals surface area (Å²) in [4.78, 5) is 18.7. The zero-order chi connectivity index (χ0) is 20.4. The van der Waals surface area contributed by atoms with Crippen molar-refractivity contribution >= 4 is 11.5 Å². The maximum atomic E-state index is 12.3. The number of piperidine rings is 1. The van der Waals surface area contributed by atoms with Crippen LogP contribution in [0.1, 0.15) is 57.9 Å². The monoisotopic (exact) mass is 392 g/mol. The average Bonchev–Trinajstić information content (AvgIpc) is 3.08. The molecular formula is C25H32N2O2. The van der Waals surface area contributed by atoms with Gasteiger partial charge in [0.25, 0.3) is 0 Å². The van der Waals surface area contributed by atoms with E-state index in [1.54, 1.807) is 7.11 Å². The van der Waals surface area contributed by atoms with E-state index < -0.39 is 0 Å². The molecule has 1 saturated carbocycles. The van der Waals surface area contributed by atoms with Crippen LogP contribution in [0, 0.1) is 28.6 Å². The molecule has 29 heavy (non-hydrogen) atoms. The molecule has 4 nitrogen and oxygen atoms in total. The largest absolute Gasteiger partial charge is 0.496 e. The first-order valence-electron chi connectivity index (χ1n) is 11.1. The van der Waals surface area contributed by atoms with Crippen LogP contribution >= 0.6 is 0 Å². The smallest absolute Gasteiger partial charge is 0.226 e. The van der Waals surface area contributed by atoms with Crippen LogP contribution < -0.4 is 4.74 Å². The Balaban J connectivity index is 1.50. The molecule has 1 aliphatic heterocycles. The van der Waals surface area contributed by atoms with E-state index in [-0.39, 0.29) is 16.7 Å². The molecule has 3 aliphatic carbocycles. The molecule has 0 N–H and O–H groups in total. The number of carbonyl (C=O) groups excluding carboxylic acids is 1. The number of hydrogen-bond donors (Lipinski definition) is 0. The minimum atomic E-state index is 0.141. The number of aromatic nitrogens is 1. The van der Waals surface area contributed by atoms with Crippen molar-refractivity contribution in [2.45, 2.75) is 52.4 Å². The van der Waals surface area contributed by atoms with Gasteiger partial charge in [-0.1, -0.05) is 26.0 Å². The highest BCUT2D eigenvalue weighted by Gasteiger charge is 2.57. The Morgan fingerprint density at radius 2 is 1.97 bits per heavy atom. The number of pyridine rings is 1. The van der Waals surface area contributed by atoms with Gasteiger partial charge in [0.15, 0.2) is 0 Å². The van der Waals surface area contributed by atoms with E-state index >= 15 is 0 Å². The van der Waals surface area contributed by atoms with Crippen molar-refractivity contribution in [2.75, 3.05) is 14.2 Å². The highest BCUT2D eigenvalue weighted by atomic mass is 16.5. The molecule has 0 bridgehead atoms. The van der Waals surface area contributed by atoms with Gasteiger partial charge in [-0.05, 0) is 66.9 Å². The van der Waals surface area contributed by atoms with Crippen LogP contribution in [0.25, 0.3) is 5.57 Å². The van der Waals surface area contributed by atoms with E-state index in [0.29, 0.717) is 24.2 Å². The minimum absolute atomic E-state index is 0.141. The number of fused-ring (bicyclic) bond motifs is 5. The molecule has 0 aromatic carbocycles. The summed E-state index contributed by atoms with van der Waals surface area (Å²) in [5.74, 6) is 3.21. The van der Waals surface area contributed by atoms with E-state index in [1.165, 1.54) is 29.7 Å². The Labute approximate surface area is 174 Å². The van der Waals surface area contributed by atoms with Crippen LogP contribution in [0.2, 0.25) is 0 Å². The number of amides is 1. The van der Waals surface area contributed by atoms with Crippen LogP contribution in [-0.4, -0.2) is 29.9 Å². The van der Waals surface area contributed by atoms with Crippen LogP contribution in [0.3, 0.4) is 0 Å². The maximum absolute atomic E-state index is 12.3. The molecule has 2 heterocycles. The third-order valence-corrected chi connectivity index (χ3v) is 8.89. The van der Waals surface area contributed by atoms with Gasteiger partial charge in [-0.25, -0.2) is 0 Å². The van der Waals surface area contributed by atoms with Gasteiger partial charge in [0.05, 0.1) is 7.11 Å². The number of methoxy groups -OCH3 is 1. The van der Waals surface area contributed by atoms with Crippen molar-refractivity contribution in [3.05, 3.63) is 41.9 Å². The molecule has 2 fully saturated rings. The summed E-state index contributed by atoms with van der Waals surface area (Å²) in [6.07, 6.45) is 15.0. The van der Waals surface area contributed by atoms with Crippen molar-refractivity contribution in [3.63, 3.8) is 0 Å². The van der Waals surface area contributed by atoms with Gasteiger partial charge in [-0.2, -0.15) is 0 Å². The average molecular weight is 393 g/mol. The molecule has 0 radical (unpaired) electrons. The first-order valence-corrected chi connectivity index (χ1v) is 11.1. The minimum Gasteiger partial charge on any atom is -0.496 e. The molecule has 5 rings (SSSR count). The van der Waals surface area contributed by atoms with Crippen molar-refractivity contribution in [2.24, 2.45) is 28.6 Å². The lowest BCUT2D eigenvalue weighted by Gasteiger charge is -2.58. The number of rotatable bonds is 2. The van der Waals surface area contributed by atoms with Gasteiger partial charge in [-0.3, -0.25) is 9.78 Å². The fourth-order valence-corrected chi connectivity index (χ4v) is 7.33. The van der Waals surface area contributed by atoms with Gasteiger partial charge in [0.1, 0.15) is 5.75 Å². The first-order chi connectivity index (χ1) is 13.9. The molecule has 0 unspecified atom stereocenters. The van der Waals surface area contributed by atoms with Gasteiger partial charge in [0, 0.05) is 42.5 Å². The lowest BCUT2D eigenvalue weighted by Crippen LogP contribution is -2.53. The Bertz CT molecular complexity index is 919. The second-order valence-electron chi connectivity index (χ2n) is 9.96. The SMILES string of the molecule is COc1ccncc1C1=CC[C@H]2[C@@H]3CC=C4N(C)C(=O)CC[C@]4(C)[C@H]3CC[C@]12C. The maximum Gasteiger partial charge on any atom is 0.226 e. The normalized spacial score (nSPS) is 38.6. The molecule has 5 atom stereocenters. The number of allylic oxidation sites excluding steroid dienone is 4. The number of hydrogen-bond acceptors (Lipinski definition) is 3. The first kappa shape index (κ1) is 18.9. The fraction of sp³-hybridized carbons (Fsp3) is 0.600. The van der Waals surface area contributed by atoms with Crippen molar-refractivity contribution in [3.8, 4) is 5.75 Å². The van der Waals surface area contributed by atoms with Crippen molar-refractivity contribution in [1.82, 2.24) is 9.88 Å². The quantitative estimate of drug-likeness (QED) is 0.705. The number of carbonyl (C=O) groups is 1. The third kappa shape index (κ3) is 2.50. The van der Waals surface area contributed by atoms with E-state index in [0.717, 1.165) is 25.0 Å². The summed E-state index contributed by atoms with van der Waals surface area (Å²) in [6, 6.07) is 1.98. The predicted octanol–water partition coefficient (Wildman–Crippen LogP) is 5.07. The topological polar surface area (TPSA) is 42.4 Å². The molecule has 1 amide bonds. The summed E-state index contributed by atoms with van der Waals surface area (Å²) in [7, 11) is 3.73.